The molecule has 1 unspecified atom stereocenters. The van der Waals surface area contributed by atoms with Gasteiger partial charge in [0.05, 0.1) is 11.6 Å². The van der Waals surface area contributed by atoms with Gasteiger partial charge in [-0.2, -0.15) is 5.10 Å². The quantitative estimate of drug-likeness (QED) is 0.622. The molecule has 1 amide bonds. The summed E-state index contributed by atoms with van der Waals surface area (Å²) in [6.07, 6.45) is 12.3. The summed E-state index contributed by atoms with van der Waals surface area (Å²) in [6, 6.07) is 8.50. The van der Waals surface area contributed by atoms with Crippen LogP contribution in [0.25, 0.3) is 11.0 Å². The molecule has 0 saturated heterocycles. The number of nitrogens with one attached hydrogen (secondary N) is 2. The average Bonchev–Trinajstić information content (AvgIpc) is 3.45. The normalized spacial score (nSPS) is 26.4. The lowest BCUT2D eigenvalue weighted by molar-refractivity contribution is -0.127. The molecule has 3 aliphatic carbocycles. The van der Waals surface area contributed by atoms with Crippen LogP contribution in [0.15, 0.2) is 48.9 Å². The fourth-order valence-electron chi connectivity index (χ4n) is 5.64. The second-order valence-electron chi connectivity index (χ2n) is 9.00. The van der Waals surface area contributed by atoms with Gasteiger partial charge in [-0.1, -0.05) is 30.4 Å². The van der Waals surface area contributed by atoms with E-state index in [1.165, 1.54) is 17.7 Å². The number of aromatic nitrogens is 4. The molecule has 1 saturated carbocycles. The molecule has 7 nitrogen and oxygen atoms in total. The Hall–Kier alpha value is -3.22. The van der Waals surface area contributed by atoms with Crippen molar-refractivity contribution < 1.29 is 4.79 Å². The Bertz CT molecular complexity index is 1150. The molecule has 7 rings (SSSR count). The van der Waals surface area contributed by atoms with Crippen molar-refractivity contribution in [1.29, 1.82) is 0 Å². The number of hydrogen-bond acceptors (Lipinski definition) is 5. The number of H-pyrrole nitrogens is 1. The summed E-state index contributed by atoms with van der Waals surface area (Å²) < 4.78 is 0. The van der Waals surface area contributed by atoms with Crippen molar-refractivity contribution in [2.24, 2.45) is 17.8 Å². The second-order valence-corrected chi connectivity index (χ2v) is 9.00. The van der Waals surface area contributed by atoms with Crippen LogP contribution in [0, 0.1) is 17.8 Å². The van der Waals surface area contributed by atoms with E-state index < -0.39 is 0 Å². The van der Waals surface area contributed by atoms with E-state index in [1.807, 2.05) is 0 Å². The highest BCUT2D eigenvalue weighted by Crippen LogP contribution is 2.43. The van der Waals surface area contributed by atoms with Crippen LogP contribution in [0.5, 0.6) is 0 Å². The van der Waals surface area contributed by atoms with Crippen molar-refractivity contribution in [2.45, 2.75) is 31.6 Å². The standard InChI is InChI=1S/C24H26N6O/c31-24(19-11-15-5-7-16(19)8-6-15)25-10-9-17-13-30(21-4-2-1-3-18(17)21)23-20-12-28-29-22(20)26-14-27-23/h1-5,7,12,14-17,19H,6,8-11,13H2,(H,25,31)(H,26,27,28,29)/t15-,16+,17?,19-/m1/s1. The molecule has 31 heavy (non-hydrogen) atoms. The summed E-state index contributed by atoms with van der Waals surface area (Å²) in [5, 5.41) is 11.2. The van der Waals surface area contributed by atoms with Crippen molar-refractivity contribution in [2.75, 3.05) is 18.0 Å². The average molecular weight is 415 g/mol. The van der Waals surface area contributed by atoms with Crippen molar-refractivity contribution in [3.63, 3.8) is 0 Å². The topological polar surface area (TPSA) is 86.8 Å². The first-order chi connectivity index (χ1) is 15.3. The van der Waals surface area contributed by atoms with E-state index in [9.17, 15) is 4.79 Å². The number of hydrogen-bond donors (Lipinski definition) is 2. The summed E-state index contributed by atoms with van der Waals surface area (Å²) in [7, 11) is 0. The summed E-state index contributed by atoms with van der Waals surface area (Å²) >= 11 is 0. The van der Waals surface area contributed by atoms with Gasteiger partial charge >= 0.3 is 0 Å². The first kappa shape index (κ1) is 18.5. The number of nitrogens with zero attached hydrogens (tertiary/aromatic N) is 4. The molecule has 3 aromatic rings. The molecular formula is C24H26N6O. The van der Waals surface area contributed by atoms with Gasteiger partial charge in [-0.25, -0.2) is 9.97 Å². The van der Waals surface area contributed by atoms with Gasteiger partial charge in [0.25, 0.3) is 0 Å². The summed E-state index contributed by atoms with van der Waals surface area (Å²) in [6.45, 7) is 1.54. The second kappa shape index (κ2) is 7.48. The maximum atomic E-state index is 12.8. The predicted molar refractivity (Wildman–Crippen MR) is 119 cm³/mol. The molecule has 1 fully saturated rings. The Kier molecular flexibility index (Phi) is 4.47. The maximum absolute atomic E-state index is 12.8. The van der Waals surface area contributed by atoms with Crippen LogP contribution in [-0.4, -0.2) is 39.2 Å². The zero-order valence-corrected chi connectivity index (χ0v) is 17.4. The number of carbonyl (C=O) groups excluding carboxylic acids is 1. The van der Waals surface area contributed by atoms with Crippen LogP contribution >= 0.6 is 0 Å². The van der Waals surface area contributed by atoms with E-state index in [0.717, 1.165) is 42.7 Å². The minimum absolute atomic E-state index is 0.159. The van der Waals surface area contributed by atoms with E-state index in [-0.39, 0.29) is 11.8 Å². The molecule has 2 N–H and O–H groups in total. The first-order valence-electron chi connectivity index (χ1n) is 11.2. The van der Waals surface area contributed by atoms with Gasteiger partial charge in [-0.15, -0.1) is 0 Å². The molecule has 7 heteroatoms. The molecule has 1 aliphatic heterocycles. The van der Waals surface area contributed by atoms with Crippen LogP contribution in [0.4, 0.5) is 11.5 Å². The number of para-hydroxylation sites is 1. The number of allylic oxidation sites excluding steroid dienone is 2. The highest BCUT2D eigenvalue weighted by Gasteiger charge is 2.36. The molecule has 2 bridgehead atoms. The van der Waals surface area contributed by atoms with Crippen molar-refractivity contribution >= 4 is 28.4 Å². The van der Waals surface area contributed by atoms with Crippen molar-refractivity contribution in [3.05, 3.63) is 54.5 Å². The first-order valence-corrected chi connectivity index (χ1v) is 11.2. The lowest BCUT2D eigenvalue weighted by atomic mass is 9.69. The Morgan fingerprint density at radius 2 is 2.13 bits per heavy atom. The number of carbonyl (C=O) groups is 1. The Labute approximate surface area is 181 Å². The summed E-state index contributed by atoms with van der Waals surface area (Å²) in [5.74, 6) is 2.65. The lowest BCUT2D eigenvalue weighted by Crippen LogP contribution is -2.40. The maximum Gasteiger partial charge on any atom is 0.223 e. The largest absolute Gasteiger partial charge is 0.356 e. The molecule has 2 aromatic heterocycles. The van der Waals surface area contributed by atoms with Gasteiger partial charge in [0.15, 0.2) is 5.65 Å². The molecule has 4 aliphatic rings. The van der Waals surface area contributed by atoms with E-state index >= 15 is 0 Å². The zero-order chi connectivity index (χ0) is 20.8. The summed E-state index contributed by atoms with van der Waals surface area (Å²) in [5.41, 5.74) is 3.23. The lowest BCUT2D eigenvalue weighted by Gasteiger charge is -2.37. The third-order valence-corrected chi connectivity index (χ3v) is 7.26. The van der Waals surface area contributed by atoms with Gasteiger partial charge in [-0.3, -0.25) is 9.89 Å². The number of amides is 1. The molecule has 0 radical (unpaired) electrons. The van der Waals surface area contributed by atoms with Crippen molar-refractivity contribution in [1.82, 2.24) is 25.5 Å². The SMILES string of the molecule is O=C(NCCC1CN(c2ncnc3[nH]ncc23)c2ccccc21)[C@@H]1C[C@@H]2C=C[C@H]1CC2. The monoisotopic (exact) mass is 414 g/mol. The molecule has 0 spiro atoms. The molecule has 158 valence electrons. The van der Waals surface area contributed by atoms with Gasteiger partial charge < -0.3 is 10.2 Å². The van der Waals surface area contributed by atoms with Crippen LogP contribution in [0.2, 0.25) is 0 Å². The number of benzene rings is 1. The molecule has 3 heterocycles. The fraction of sp³-hybridized carbons (Fsp3) is 0.417. The van der Waals surface area contributed by atoms with Crippen LogP contribution < -0.4 is 10.2 Å². The molecule has 1 aromatic carbocycles. The molecule has 4 atom stereocenters. The van der Waals surface area contributed by atoms with E-state index in [0.29, 0.717) is 24.3 Å². The Morgan fingerprint density at radius 3 is 2.97 bits per heavy atom. The highest BCUT2D eigenvalue weighted by atomic mass is 16.1. The highest BCUT2D eigenvalue weighted by molar-refractivity contribution is 5.90. The van der Waals surface area contributed by atoms with E-state index in [4.69, 9.17) is 0 Å². The van der Waals surface area contributed by atoms with E-state index in [2.05, 4.69) is 66.8 Å². The minimum atomic E-state index is 0.159. The smallest absolute Gasteiger partial charge is 0.223 e. The third kappa shape index (κ3) is 3.19. The van der Waals surface area contributed by atoms with Crippen LogP contribution in [0.1, 0.15) is 37.2 Å². The van der Waals surface area contributed by atoms with Crippen LogP contribution in [-0.2, 0) is 4.79 Å². The third-order valence-electron chi connectivity index (χ3n) is 7.26. The van der Waals surface area contributed by atoms with Gasteiger partial charge in [0.2, 0.25) is 5.91 Å². The summed E-state index contributed by atoms with van der Waals surface area (Å²) in [4.78, 5) is 23.9. The Morgan fingerprint density at radius 1 is 1.19 bits per heavy atom. The van der Waals surface area contributed by atoms with Gasteiger partial charge in [0, 0.05) is 30.6 Å². The Balaban J connectivity index is 1.16. The number of rotatable bonds is 5. The number of aromatic amines is 1. The minimum Gasteiger partial charge on any atom is -0.356 e. The van der Waals surface area contributed by atoms with Crippen LogP contribution in [0.3, 0.4) is 0 Å². The van der Waals surface area contributed by atoms with Gasteiger partial charge in [0.1, 0.15) is 12.1 Å². The zero-order valence-electron chi connectivity index (χ0n) is 17.4. The van der Waals surface area contributed by atoms with E-state index in [1.54, 1.807) is 12.5 Å². The number of anilines is 2. The molecular weight excluding hydrogens is 388 g/mol. The van der Waals surface area contributed by atoms with Gasteiger partial charge in [-0.05, 0) is 49.1 Å². The predicted octanol–water partition coefficient (Wildman–Crippen LogP) is 3.70. The fourth-order valence-corrected chi connectivity index (χ4v) is 5.64. The number of fused-ring (bicyclic) bond motifs is 4. The van der Waals surface area contributed by atoms with Crippen molar-refractivity contribution in [3.8, 4) is 0 Å².